The third-order valence-corrected chi connectivity index (χ3v) is 4.31. The number of amides is 1. The van der Waals surface area contributed by atoms with Gasteiger partial charge in [0.2, 0.25) is 0 Å². The number of hydrogen-bond donors (Lipinski definition) is 1. The standard InChI is InChI=1S/C17H20N4O3/c22-17(14-11-23-9-10-24-14)20-15-16(21-7-3-4-8-21)19-13-6-2-1-5-12(13)18-15/h1-2,5-6,14H,3-4,7-11H2,(H,18,20,22)/t14-/m1/s1. The number of carbonyl (C=O) groups excluding carboxylic acids is 1. The average Bonchev–Trinajstić information content (AvgIpc) is 3.16. The van der Waals surface area contributed by atoms with Gasteiger partial charge in [-0.25, -0.2) is 9.97 Å². The molecule has 2 aromatic rings. The zero-order chi connectivity index (χ0) is 16.4. The normalized spacial score (nSPS) is 21.2. The predicted molar refractivity (Wildman–Crippen MR) is 90.2 cm³/mol. The topological polar surface area (TPSA) is 76.6 Å². The van der Waals surface area contributed by atoms with Crippen LogP contribution in [0, 0.1) is 0 Å². The van der Waals surface area contributed by atoms with Crippen molar-refractivity contribution in [2.24, 2.45) is 0 Å². The van der Waals surface area contributed by atoms with Crippen molar-refractivity contribution in [2.75, 3.05) is 43.1 Å². The van der Waals surface area contributed by atoms with Gasteiger partial charge in [0.05, 0.1) is 30.9 Å². The lowest BCUT2D eigenvalue weighted by atomic mass is 10.3. The van der Waals surface area contributed by atoms with Crippen LogP contribution in [0.3, 0.4) is 0 Å². The lowest BCUT2D eigenvalue weighted by Gasteiger charge is -2.24. The van der Waals surface area contributed by atoms with Crippen LogP contribution in [-0.4, -0.2) is 54.9 Å². The fourth-order valence-electron chi connectivity index (χ4n) is 3.06. The molecule has 0 spiro atoms. The minimum Gasteiger partial charge on any atom is -0.376 e. The summed E-state index contributed by atoms with van der Waals surface area (Å²) >= 11 is 0. The van der Waals surface area contributed by atoms with Gasteiger partial charge in [-0.2, -0.15) is 0 Å². The van der Waals surface area contributed by atoms with Crippen LogP contribution in [-0.2, 0) is 14.3 Å². The quantitative estimate of drug-likeness (QED) is 0.922. The first-order valence-corrected chi connectivity index (χ1v) is 8.33. The van der Waals surface area contributed by atoms with Crippen molar-refractivity contribution in [3.05, 3.63) is 24.3 Å². The lowest BCUT2D eigenvalue weighted by Crippen LogP contribution is -2.39. The molecule has 2 fully saturated rings. The number of ether oxygens (including phenoxy) is 2. The summed E-state index contributed by atoms with van der Waals surface area (Å²) < 4.78 is 10.8. The van der Waals surface area contributed by atoms with Crippen molar-refractivity contribution in [3.8, 4) is 0 Å². The number of aromatic nitrogens is 2. The van der Waals surface area contributed by atoms with E-state index in [4.69, 9.17) is 14.5 Å². The van der Waals surface area contributed by atoms with Gasteiger partial charge in [-0.05, 0) is 25.0 Å². The summed E-state index contributed by atoms with van der Waals surface area (Å²) in [5, 5.41) is 2.89. The molecule has 2 aliphatic rings. The maximum atomic E-state index is 12.5. The van der Waals surface area contributed by atoms with E-state index in [9.17, 15) is 4.79 Å². The highest BCUT2D eigenvalue weighted by molar-refractivity contribution is 5.97. The maximum Gasteiger partial charge on any atom is 0.257 e. The zero-order valence-electron chi connectivity index (χ0n) is 13.4. The molecule has 1 aromatic carbocycles. The molecule has 126 valence electrons. The van der Waals surface area contributed by atoms with Crippen LogP contribution >= 0.6 is 0 Å². The van der Waals surface area contributed by atoms with Crippen molar-refractivity contribution in [3.63, 3.8) is 0 Å². The molecule has 0 aliphatic carbocycles. The van der Waals surface area contributed by atoms with E-state index in [2.05, 4.69) is 15.2 Å². The number of fused-ring (bicyclic) bond motifs is 1. The number of carbonyl (C=O) groups is 1. The monoisotopic (exact) mass is 328 g/mol. The molecule has 1 atom stereocenters. The molecule has 1 amide bonds. The molecular formula is C17H20N4O3. The van der Waals surface area contributed by atoms with Crippen molar-refractivity contribution in [1.82, 2.24) is 9.97 Å². The van der Waals surface area contributed by atoms with Gasteiger partial charge in [-0.3, -0.25) is 4.79 Å². The highest BCUT2D eigenvalue weighted by Crippen LogP contribution is 2.28. The van der Waals surface area contributed by atoms with Gasteiger partial charge < -0.3 is 19.7 Å². The first kappa shape index (κ1) is 15.3. The molecule has 0 bridgehead atoms. The molecule has 0 radical (unpaired) electrons. The zero-order valence-corrected chi connectivity index (χ0v) is 13.4. The Morgan fingerprint density at radius 3 is 2.58 bits per heavy atom. The van der Waals surface area contributed by atoms with Crippen LogP contribution in [0.5, 0.6) is 0 Å². The van der Waals surface area contributed by atoms with Gasteiger partial charge in [-0.1, -0.05) is 12.1 Å². The average molecular weight is 328 g/mol. The Hall–Kier alpha value is -2.25. The minimum atomic E-state index is -0.599. The number of nitrogens with one attached hydrogen (secondary N) is 1. The molecule has 1 N–H and O–H groups in total. The van der Waals surface area contributed by atoms with Crippen LogP contribution < -0.4 is 10.2 Å². The van der Waals surface area contributed by atoms with Crippen LogP contribution in [0.4, 0.5) is 11.6 Å². The summed E-state index contributed by atoms with van der Waals surface area (Å²) in [6.45, 7) is 3.09. The van der Waals surface area contributed by atoms with Gasteiger partial charge in [0.1, 0.15) is 0 Å². The first-order chi connectivity index (χ1) is 11.8. The second-order valence-corrected chi connectivity index (χ2v) is 6.00. The second kappa shape index (κ2) is 6.70. The van der Waals surface area contributed by atoms with Crippen LogP contribution in [0.25, 0.3) is 11.0 Å². The molecule has 0 unspecified atom stereocenters. The van der Waals surface area contributed by atoms with Crippen molar-refractivity contribution < 1.29 is 14.3 Å². The van der Waals surface area contributed by atoms with E-state index < -0.39 is 6.10 Å². The number of rotatable bonds is 3. The second-order valence-electron chi connectivity index (χ2n) is 6.00. The number of para-hydroxylation sites is 2. The van der Waals surface area contributed by atoms with Gasteiger partial charge in [-0.15, -0.1) is 0 Å². The summed E-state index contributed by atoms with van der Waals surface area (Å²) in [6.07, 6.45) is 1.65. The van der Waals surface area contributed by atoms with E-state index in [1.165, 1.54) is 0 Å². The Kier molecular flexibility index (Phi) is 4.27. The van der Waals surface area contributed by atoms with E-state index >= 15 is 0 Å². The fourth-order valence-corrected chi connectivity index (χ4v) is 3.06. The molecule has 2 aliphatic heterocycles. The van der Waals surface area contributed by atoms with Crippen molar-refractivity contribution in [1.29, 1.82) is 0 Å². The Labute approximate surface area is 140 Å². The van der Waals surface area contributed by atoms with E-state index in [-0.39, 0.29) is 12.5 Å². The summed E-state index contributed by atoms with van der Waals surface area (Å²) in [4.78, 5) is 24.0. The summed E-state index contributed by atoms with van der Waals surface area (Å²) in [5.41, 5.74) is 1.59. The Bertz CT molecular complexity index is 740. The third kappa shape index (κ3) is 3.05. The van der Waals surface area contributed by atoms with E-state index in [1.54, 1.807) is 0 Å². The summed E-state index contributed by atoms with van der Waals surface area (Å²) in [6, 6.07) is 7.68. The SMILES string of the molecule is O=C(Nc1nc2ccccc2nc1N1CCCC1)[C@H]1COCCO1. The lowest BCUT2D eigenvalue weighted by molar-refractivity contribution is -0.142. The fraction of sp³-hybridized carbons (Fsp3) is 0.471. The number of nitrogens with zero attached hydrogens (tertiary/aromatic N) is 3. The summed E-state index contributed by atoms with van der Waals surface area (Å²) in [5.74, 6) is 0.991. The molecule has 2 saturated heterocycles. The van der Waals surface area contributed by atoms with E-state index in [0.717, 1.165) is 42.8 Å². The molecule has 7 nitrogen and oxygen atoms in total. The smallest absolute Gasteiger partial charge is 0.257 e. The summed E-state index contributed by atoms with van der Waals surface area (Å²) in [7, 11) is 0. The predicted octanol–water partition coefficient (Wildman–Crippen LogP) is 1.58. The van der Waals surface area contributed by atoms with Gasteiger partial charge >= 0.3 is 0 Å². The number of benzene rings is 1. The number of anilines is 2. The molecule has 0 saturated carbocycles. The maximum absolute atomic E-state index is 12.5. The minimum absolute atomic E-state index is 0.236. The van der Waals surface area contributed by atoms with Crippen LogP contribution in [0.15, 0.2) is 24.3 Å². The largest absolute Gasteiger partial charge is 0.376 e. The molecule has 7 heteroatoms. The highest BCUT2D eigenvalue weighted by Gasteiger charge is 2.26. The van der Waals surface area contributed by atoms with Crippen LogP contribution in [0.1, 0.15) is 12.8 Å². The number of hydrogen-bond acceptors (Lipinski definition) is 6. The Morgan fingerprint density at radius 1 is 1.12 bits per heavy atom. The first-order valence-electron chi connectivity index (χ1n) is 8.33. The van der Waals surface area contributed by atoms with E-state index in [1.807, 2.05) is 24.3 Å². The molecular weight excluding hydrogens is 308 g/mol. The molecule has 3 heterocycles. The van der Waals surface area contributed by atoms with Crippen molar-refractivity contribution in [2.45, 2.75) is 18.9 Å². The Balaban J connectivity index is 1.66. The molecule has 24 heavy (non-hydrogen) atoms. The van der Waals surface area contributed by atoms with Gasteiger partial charge in [0, 0.05) is 13.1 Å². The van der Waals surface area contributed by atoms with Gasteiger partial charge in [0.25, 0.3) is 5.91 Å². The van der Waals surface area contributed by atoms with Crippen LogP contribution in [0.2, 0.25) is 0 Å². The Morgan fingerprint density at radius 2 is 1.88 bits per heavy atom. The highest BCUT2D eigenvalue weighted by atomic mass is 16.6. The third-order valence-electron chi connectivity index (χ3n) is 4.31. The molecule has 4 rings (SSSR count). The molecule has 1 aromatic heterocycles. The van der Waals surface area contributed by atoms with E-state index in [0.29, 0.717) is 19.0 Å². The van der Waals surface area contributed by atoms with Gasteiger partial charge in [0.15, 0.2) is 17.7 Å². The van der Waals surface area contributed by atoms with Crippen molar-refractivity contribution >= 4 is 28.6 Å².